The van der Waals surface area contributed by atoms with Gasteiger partial charge in [-0.05, 0) is 19.9 Å². The van der Waals surface area contributed by atoms with Crippen LogP contribution in [-0.4, -0.2) is 41.7 Å². The first-order chi connectivity index (χ1) is 9.13. The van der Waals surface area contributed by atoms with Gasteiger partial charge in [-0.1, -0.05) is 6.07 Å². The Bertz CT molecular complexity index is 412. The molecule has 2 rings (SSSR count). The zero-order valence-corrected chi connectivity index (χ0v) is 11.5. The molecule has 6 heteroatoms. The lowest BCUT2D eigenvalue weighted by Crippen LogP contribution is -2.51. The van der Waals surface area contributed by atoms with Gasteiger partial charge in [-0.15, -0.1) is 0 Å². The van der Waals surface area contributed by atoms with E-state index in [1.807, 2.05) is 12.1 Å². The Hall–Kier alpha value is -1.21. The normalized spacial score (nSPS) is 22.6. The van der Waals surface area contributed by atoms with Crippen LogP contribution in [0.3, 0.4) is 0 Å². The summed E-state index contributed by atoms with van der Waals surface area (Å²) in [6, 6.07) is 4.15. The van der Waals surface area contributed by atoms with Crippen molar-refractivity contribution >= 4 is 5.82 Å². The monoisotopic (exact) mass is 265 g/mol. The van der Waals surface area contributed by atoms with E-state index in [0.717, 1.165) is 18.7 Å². The third-order valence-corrected chi connectivity index (χ3v) is 3.61. The first-order valence-electron chi connectivity index (χ1n) is 6.65. The fourth-order valence-corrected chi connectivity index (χ4v) is 2.46. The highest BCUT2D eigenvalue weighted by atomic mass is 16.5. The van der Waals surface area contributed by atoms with Crippen molar-refractivity contribution in [1.29, 1.82) is 0 Å². The van der Waals surface area contributed by atoms with E-state index < -0.39 is 0 Å². The second-order valence-corrected chi connectivity index (χ2v) is 5.12. The second kappa shape index (κ2) is 6.29. The number of hydrazine groups is 1. The van der Waals surface area contributed by atoms with Crippen molar-refractivity contribution in [2.45, 2.75) is 32.0 Å². The number of pyridine rings is 1. The van der Waals surface area contributed by atoms with E-state index in [1.54, 1.807) is 6.20 Å². The Morgan fingerprint density at radius 2 is 2.32 bits per heavy atom. The van der Waals surface area contributed by atoms with Crippen LogP contribution < -0.4 is 17.0 Å². The number of rotatable bonds is 4. The summed E-state index contributed by atoms with van der Waals surface area (Å²) in [4.78, 5) is 6.49. The molecule has 2 unspecified atom stereocenters. The molecule has 1 aromatic heterocycles. The molecule has 0 spiro atoms. The van der Waals surface area contributed by atoms with E-state index in [4.69, 9.17) is 16.3 Å². The number of aromatic nitrogens is 1. The lowest BCUT2D eigenvalue weighted by Gasteiger charge is -2.38. The Labute approximate surface area is 114 Å². The highest BCUT2D eigenvalue weighted by Gasteiger charge is 2.30. The van der Waals surface area contributed by atoms with Gasteiger partial charge in [0.05, 0.1) is 18.8 Å². The van der Waals surface area contributed by atoms with Crippen LogP contribution in [0.2, 0.25) is 0 Å². The molecule has 0 aliphatic carbocycles. The van der Waals surface area contributed by atoms with Gasteiger partial charge < -0.3 is 10.5 Å². The predicted molar refractivity (Wildman–Crippen MR) is 75.2 cm³/mol. The van der Waals surface area contributed by atoms with Crippen molar-refractivity contribution in [2.24, 2.45) is 5.84 Å². The maximum absolute atomic E-state index is 5.92. The standard InChI is InChI=1S/C13H23N5O/c1-9(2)18-6-7-19-11(8-18)12(17-15)10-4-3-5-16-13(10)14/h3-5,9,11-12,17H,6-8,15H2,1-2H3,(H2,14,16). The Morgan fingerprint density at radius 3 is 2.95 bits per heavy atom. The number of nitrogens with one attached hydrogen (secondary N) is 1. The van der Waals surface area contributed by atoms with Gasteiger partial charge in [-0.25, -0.2) is 4.98 Å². The highest BCUT2D eigenvalue weighted by molar-refractivity contribution is 5.41. The van der Waals surface area contributed by atoms with Crippen LogP contribution in [0.5, 0.6) is 0 Å². The van der Waals surface area contributed by atoms with Gasteiger partial charge in [0.2, 0.25) is 0 Å². The lowest BCUT2D eigenvalue weighted by atomic mass is 10.0. The van der Waals surface area contributed by atoms with Crippen LogP contribution >= 0.6 is 0 Å². The number of nitrogen functional groups attached to an aromatic ring is 1. The Balaban J connectivity index is 2.16. The van der Waals surface area contributed by atoms with E-state index >= 15 is 0 Å². The maximum Gasteiger partial charge on any atom is 0.128 e. The van der Waals surface area contributed by atoms with E-state index in [9.17, 15) is 0 Å². The summed E-state index contributed by atoms with van der Waals surface area (Å²) in [6.45, 7) is 6.87. The van der Waals surface area contributed by atoms with Crippen molar-refractivity contribution in [3.05, 3.63) is 23.9 Å². The van der Waals surface area contributed by atoms with Crippen LogP contribution in [0.4, 0.5) is 5.82 Å². The van der Waals surface area contributed by atoms with Gasteiger partial charge in [0.1, 0.15) is 5.82 Å². The molecular weight excluding hydrogens is 242 g/mol. The van der Waals surface area contributed by atoms with Crippen molar-refractivity contribution < 1.29 is 4.74 Å². The summed E-state index contributed by atoms with van der Waals surface area (Å²) in [7, 11) is 0. The first-order valence-corrected chi connectivity index (χ1v) is 6.65. The third kappa shape index (κ3) is 3.22. The lowest BCUT2D eigenvalue weighted by molar-refractivity contribution is -0.0560. The minimum atomic E-state index is -0.143. The van der Waals surface area contributed by atoms with Crippen LogP contribution in [0, 0.1) is 0 Å². The number of hydrogen-bond acceptors (Lipinski definition) is 6. The molecule has 1 fully saturated rings. The van der Waals surface area contributed by atoms with Crippen LogP contribution in [0.1, 0.15) is 25.5 Å². The number of ether oxygens (including phenoxy) is 1. The van der Waals surface area contributed by atoms with Crippen LogP contribution in [0.15, 0.2) is 18.3 Å². The fourth-order valence-electron chi connectivity index (χ4n) is 2.46. The van der Waals surface area contributed by atoms with Crippen molar-refractivity contribution in [2.75, 3.05) is 25.4 Å². The molecular formula is C13H23N5O. The zero-order chi connectivity index (χ0) is 13.8. The molecule has 6 nitrogen and oxygen atoms in total. The average Bonchev–Trinajstić information content (AvgIpc) is 2.42. The van der Waals surface area contributed by atoms with E-state index in [-0.39, 0.29) is 12.1 Å². The predicted octanol–water partition coefficient (Wildman–Crippen LogP) is 0.277. The molecule has 5 N–H and O–H groups in total. The zero-order valence-electron chi connectivity index (χ0n) is 11.5. The summed E-state index contributed by atoms with van der Waals surface area (Å²) >= 11 is 0. The topological polar surface area (TPSA) is 89.4 Å². The molecule has 106 valence electrons. The SMILES string of the molecule is CC(C)N1CCOC(C(NN)c2cccnc2N)C1. The molecule has 2 atom stereocenters. The molecule has 0 radical (unpaired) electrons. The van der Waals surface area contributed by atoms with E-state index in [2.05, 4.69) is 29.2 Å². The average molecular weight is 265 g/mol. The minimum Gasteiger partial charge on any atom is -0.383 e. The number of nitrogens with two attached hydrogens (primary N) is 2. The van der Waals surface area contributed by atoms with E-state index in [0.29, 0.717) is 18.5 Å². The maximum atomic E-state index is 5.92. The molecule has 19 heavy (non-hydrogen) atoms. The first kappa shape index (κ1) is 14.2. The molecule has 1 aliphatic rings. The van der Waals surface area contributed by atoms with Gasteiger partial charge >= 0.3 is 0 Å². The molecule has 1 aliphatic heterocycles. The fraction of sp³-hybridized carbons (Fsp3) is 0.615. The summed E-state index contributed by atoms with van der Waals surface area (Å²) in [5.74, 6) is 6.19. The summed E-state index contributed by atoms with van der Waals surface area (Å²) in [6.07, 6.45) is 1.65. The van der Waals surface area contributed by atoms with Crippen molar-refractivity contribution in [1.82, 2.24) is 15.3 Å². The van der Waals surface area contributed by atoms with Crippen molar-refractivity contribution in [3.63, 3.8) is 0 Å². The van der Waals surface area contributed by atoms with Crippen molar-refractivity contribution in [3.8, 4) is 0 Å². The molecule has 0 aromatic carbocycles. The Kier molecular flexibility index (Phi) is 4.71. The molecule has 0 saturated carbocycles. The van der Waals surface area contributed by atoms with Gasteiger partial charge in [-0.3, -0.25) is 16.2 Å². The van der Waals surface area contributed by atoms with Crippen LogP contribution in [-0.2, 0) is 4.74 Å². The van der Waals surface area contributed by atoms with Crippen LogP contribution in [0.25, 0.3) is 0 Å². The number of morpholine rings is 1. The number of hydrogen-bond donors (Lipinski definition) is 3. The largest absolute Gasteiger partial charge is 0.383 e. The van der Waals surface area contributed by atoms with E-state index in [1.165, 1.54) is 0 Å². The molecule has 0 bridgehead atoms. The smallest absolute Gasteiger partial charge is 0.128 e. The summed E-state index contributed by atoms with van der Waals surface area (Å²) in [5, 5.41) is 0. The highest BCUT2D eigenvalue weighted by Crippen LogP contribution is 2.25. The quantitative estimate of drug-likeness (QED) is 0.535. The van der Waals surface area contributed by atoms with Gasteiger partial charge in [0, 0.05) is 30.9 Å². The molecule has 0 amide bonds. The summed E-state index contributed by atoms with van der Waals surface area (Å²) in [5.41, 5.74) is 9.63. The number of anilines is 1. The Morgan fingerprint density at radius 1 is 1.53 bits per heavy atom. The third-order valence-electron chi connectivity index (χ3n) is 3.61. The molecule has 1 aromatic rings. The number of nitrogens with zero attached hydrogens (tertiary/aromatic N) is 2. The molecule has 2 heterocycles. The van der Waals surface area contributed by atoms with Gasteiger partial charge in [0.15, 0.2) is 0 Å². The van der Waals surface area contributed by atoms with Gasteiger partial charge in [0.25, 0.3) is 0 Å². The van der Waals surface area contributed by atoms with Gasteiger partial charge in [-0.2, -0.15) is 0 Å². The summed E-state index contributed by atoms with van der Waals surface area (Å²) < 4.78 is 5.85. The minimum absolute atomic E-state index is 0.0207. The molecule has 1 saturated heterocycles. The second-order valence-electron chi connectivity index (χ2n) is 5.12.